The smallest absolute Gasteiger partial charge is 0.264 e. The van der Waals surface area contributed by atoms with E-state index in [2.05, 4.69) is 5.32 Å². The number of para-hydroxylation sites is 1. The maximum absolute atomic E-state index is 14.4. The van der Waals surface area contributed by atoms with E-state index in [-0.39, 0.29) is 23.8 Å². The fraction of sp³-hybridized carbons (Fsp3) is 0.257. The number of rotatable bonds is 12. The van der Waals surface area contributed by atoms with Gasteiger partial charge in [0.05, 0.1) is 10.6 Å². The van der Waals surface area contributed by atoms with E-state index in [4.69, 9.17) is 0 Å². The molecule has 0 fully saturated rings. The number of carbonyl (C=O) groups excluding carboxylic acids is 2. The fourth-order valence-electron chi connectivity index (χ4n) is 5.13. The Balaban J connectivity index is 1.81. The topological polar surface area (TPSA) is 86.8 Å². The second kappa shape index (κ2) is 14.2. The van der Waals surface area contributed by atoms with Crippen LogP contribution in [0, 0.1) is 13.8 Å². The first-order valence-electron chi connectivity index (χ1n) is 14.4. The average Bonchev–Trinajstić information content (AvgIpc) is 3.01. The average molecular weight is 598 g/mol. The van der Waals surface area contributed by atoms with Crippen LogP contribution in [0.1, 0.15) is 34.7 Å². The molecule has 0 spiro atoms. The van der Waals surface area contributed by atoms with Gasteiger partial charge in [0.15, 0.2) is 0 Å². The third-order valence-electron chi connectivity index (χ3n) is 7.48. The Morgan fingerprint density at radius 2 is 1.44 bits per heavy atom. The molecule has 0 aliphatic rings. The zero-order valence-corrected chi connectivity index (χ0v) is 26.0. The van der Waals surface area contributed by atoms with Gasteiger partial charge in [-0.05, 0) is 55.2 Å². The van der Waals surface area contributed by atoms with Gasteiger partial charge >= 0.3 is 0 Å². The molecule has 0 aliphatic heterocycles. The van der Waals surface area contributed by atoms with Crippen LogP contribution in [-0.4, -0.2) is 44.8 Å². The Kier molecular flexibility index (Phi) is 10.4. The molecule has 4 rings (SSSR count). The maximum atomic E-state index is 14.4. The van der Waals surface area contributed by atoms with E-state index in [0.717, 1.165) is 27.8 Å². The van der Waals surface area contributed by atoms with Crippen LogP contribution >= 0.6 is 0 Å². The molecule has 1 unspecified atom stereocenters. The summed E-state index contributed by atoms with van der Waals surface area (Å²) in [7, 11) is -2.59. The summed E-state index contributed by atoms with van der Waals surface area (Å²) in [5.74, 6) is -0.806. The summed E-state index contributed by atoms with van der Waals surface area (Å²) in [6, 6.07) is 30.2. The van der Waals surface area contributed by atoms with Crippen molar-refractivity contribution in [1.82, 2.24) is 10.2 Å². The van der Waals surface area contributed by atoms with Crippen molar-refractivity contribution < 1.29 is 18.0 Å². The van der Waals surface area contributed by atoms with Crippen LogP contribution in [0.4, 0.5) is 5.69 Å². The van der Waals surface area contributed by atoms with Crippen molar-refractivity contribution in [2.75, 3.05) is 17.9 Å². The van der Waals surface area contributed by atoms with E-state index < -0.39 is 28.5 Å². The van der Waals surface area contributed by atoms with E-state index in [1.54, 1.807) is 43.4 Å². The predicted molar refractivity (Wildman–Crippen MR) is 171 cm³/mol. The van der Waals surface area contributed by atoms with Gasteiger partial charge in [-0.25, -0.2) is 8.42 Å². The molecule has 0 radical (unpaired) electrons. The van der Waals surface area contributed by atoms with Crippen LogP contribution < -0.4 is 9.62 Å². The molecule has 0 bridgehead atoms. The summed E-state index contributed by atoms with van der Waals surface area (Å²) >= 11 is 0. The summed E-state index contributed by atoms with van der Waals surface area (Å²) < 4.78 is 29.6. The lowest BCUT2D eigenvalue weighted by Gasteiger charge is -2.34. The number of aryl methyl sites for hydroxylation is 3. The highest BCUT2D eigenvalue weighted by molar-refractivity contribution is 7.92. The van der Waals surface area contributed by atoms with Crippen LogP contribution in [0.2, 0.25) is 0 Å². The first kappa shape index (κ1) is 31.5. The zero-order valence-electron chi connectivity index (χ0n) is 25.2. The Bertz CT molecular complexity index is 1650. The van der Waals surface area contributed by atoms with Gasteiger partial charge in [-0.1, -0.05) is 103 Å². The Hall–Kier alpha value is -4.43. The molecule has 8 heteroatoms. The van der Waals surface area contributed by atoms with Crippen LogP contribution in [0.5, 0.6) is 0 Å². The number of carbonyl (C=O) groups is 2. The second-order valence-corrected chi connectivity index (χ2v) is 12.5. The van der Waals surface area contributed by atoms with Gasteiger partial charge in [0.25, 0.3) is 10.0 Å². The van der Waals surface area contributed by atoms with Crippen molar-refractivity contribution in [1.29, 1.82) is 0 Å². The van der Waals surface area contributed by atoms with Gasteiger partial charge in [-0.2, -0.15) is 0 Å². The minimum atomic E-state index is -4.14. The first-order chi connectivity index (χ1) is 20.6. The lowest BCUT2D eigenvalue weighted by Crippen LogP contribution is -2.53. The van der Waals surface area contributed by atoms with Gasteiger partial charge in [0.1, 0.15) is 12.6 Å². The molecule has 4 aromatic carbocycles. The summed E-state index contributed by atoms with van der Waals surface area (Å²) in [4.78, 5) is 29.4. The standard InChI is InChI=1S/C35H39N3O4S/c1-5-30-16-9-10-17-32(30)38(43(41,42)31-20-18-26(2)19-21-31)25-34(39)37(24-29-15-11-12-27(3)22-29)33(35(40)36-4)23-28-13-7-6-8-14-28/h6-22,33H,5,23-25H2,1-4H3,(H,36,40). The van der Waals surface area contributed by atoms with Crippen LogP contribution in [0.15, 0.2) is 108 Å². The molecule has 1 atom stereocenters. The first-order valence-corrected chi connectivity index (χ1v) is 15.9. The normalized spacial score (nSPS) is 11.9. The van der Waals surface area contributed by atoms with Crippen molar-refractivity contribution in [2.45, 2.75) is 51.1 Å². The number of sulfonamides is 1. The van der Waals surface area contributed by atoms with E-state index in [1.807, 2.05) is 87.5 Å². The number of amides is 2. The molecule has 4 aromatic rings. The third kappa shape index (κ3) is 7.70. The van der Waals surface area contributed by atoms with Gasteiger partial charge < -0.3 is 10.2 Å². The summed E-state index contributed by atoms with van der Waals surface area (Å²) in [6.45, 7) is 5.47. The number of nitrogens with zero attached hydrogens (tertiary/aromatic N) is 2. The van der Waals surface area contributed by atoms with Crippen molar-refractivity contribution >= 4 is 27.5 Å². The van der Waals surface area contributed by atoms with Crippen LogP contribution in [-0.2, 0) is 39.0 Å². The quantitative estimate of drug-likeness (QED) is 0.235. The fourth-order valence-corrected chi connectivity index (χ4v) is 6.58. The molecule has 224 valence electrons. The van der Waals surface area contributed by atoms with E-state index in [9.17, 15) is 18.0 Å². The minimum Gasteiger partial charge on any atom is -0.357 e. The van der Waals surface area contributed by atoms with E-state index in [1.165, 1.54) is 9.21 Å². The highest BCUT2D eigenvalue weighted by Crippen LogP contribution is 2.28. The molecule has 0 saturated heterocycles. The molecule has 0 aliphatic carbocycles. The lowest BCUT2D eigenvalue weighted by molar-refractivity contribution is -0.139. The number of hydrogen-bond acceptors (Lipinski definition) is 4. The predicted octanol–water partition coefficient (Wildman–Crippen LogP) is 5.45. The molecule has 1 N–H and O–H groups in total. The molecule has 7 nitrogen and oxygen atoms in total. The lowest BCUT2D eigenvalue weighted by atomic mass is 10.0. The number of benzene rings is 4. The molecule has 0 heterocycles. The highest BCUT2D eigenvalue weighted by atomic mass is 32.2. The molecule has 0 saturated carbocycles. The van der Waals surface area contributed by atoms with Gasteiger partial charge in [-0.15, -0.1) is 0 Å². The van der Waals surface area contributed by atoms with Crippen molar-refractivity contribution in [3.8, 4) is 0 Å². The van der Waals surface area contributed by atoms with E-state index >= 15 is 0 Å². The Labute approximate surface area is 255 Å². The Morgan fingerprint density at radius 3 is 2.09 bits per heavy atom. The molecule has 0 aromatic heterocycles. The Morgan fingerprint density at radius 1 is 0.791 bits per heavy atom. The summed E-state index contributed by atoms with van der Waals surface area (Å²) in [5.41, 5.74) is 4.91. The molecule has 2 amide bonds. The monoisotopic (exact) mass is 597 g/mol. The van der Waals surface area contributed by atoms with Crippen LogP contribution in [0.25, 0.3) is 0 Å². The van der Waals surface area contributed by atoms with Gasteiger partial charge in [0.2, 0.25) is 11.8 Å². The SMILES string of the molecule is CCc1ccccc1N(CC(=O)N(Cc1cccc(C)c1)C(Cc1ccccc1)C(=O)NC)S(=O)(=O)c1ccc(C)cc1. The van der Waals surface area contributed by atoms with Crippen molar-refractivity contribution in [2.24, 2.45) is 0 Å². The number of hydrogen-bond donors (Lipinski definition) is 1. The van der Waals surface area contributed by atoms with Crippen molar-refractivity contribution in [3.05, 3.63) is 131 Å². The van der Waals surface area contributed by atoms with Crippen LogP contribution in [0.3, 0.4) is 0 Å². The number of anilines is 1. The third-order valence-corrected chi connectivity index (χ3v) is 9.26. The summed E-state index contributed by atoms with van der Waals surface area (Å²) in [5, 5.41) is 2.72. The zero-order chi connectivity index (χ0) is 31.0. The molecular formula is C35H39N3O4S. The minimum absolute atomic E-state index is 0.0918. The number of nitrogens with one attached hydrogen (secondary N) is 1. The molecule has 43 heavy (non-hydrogen) atoms. The summed E-state index contributed by atoms with van der Waals surface area (Å²) in [6.07, 6.45) is 0.848. The largest absolute Gasteiger partial charge is 0.357 e. The maximum Gasteiger partial charge on any atom is 0.264 e. The van der Waals surface area contributed by atoms with E-state index in [0.29, 0.717) is 12.1 Å². The second-order valence-electron chi connectivity index (χ2n) is 10.6. The van der Waals surface area contributed by atoms with Gasteiger partial charge in [-0.3, -0.25) is 13.9 Å². The van der Waals surface area contributed by atoms with Gasteiger partial charge in [0, 0.05) is 20.0 Å². The number of likely N-dealkylation sites (N-methyl/N-ethyl adjacent to an activating group) is 1. The highest BCUT2D eigenvalue weighted by Gasteiger charge is 2.34. The molecular weight excluding hydrogens is 558 g/mol. The van der Waals surface area contributed by atoms with Crippen molar-refractivity contribution in [3.63, 3.8) is 0 Å².